The van der Waals surface area contributed by atoms with Gasteiger partial charge in [0.2, 0.25) is 5.91 Å². The minimum Gasteiger partial charge on any atom is -0.396 e. The molecule has 3 rings (SSSR count). The Labute approximate surface area is 172 Å². The molecule has 0 bridgehead atoms. The van der Waals surface area contributed by atoms with Crippen LogP contribution < -0.4 is 16.4 Å². The van der Waals surface area contributed by atoms with Gasteiger partial charge in [-0.2, -0.15) is 13.2 Å². The Morgan fingerprint density at radius 3 is 2.30 bits per heavy atom. The number of carbonyl (C=O) groups excluding carboxylic acids is 1. The van der Waals surface area contributed by atoms with Crippen molar-refractivity contribution in [1.29, 1.82) is 0 Å². The first kappa shape index (κ1) is 21.9. The second-order valence-electron chi connectivity index (χ2n) is 7.63. The molecule has 0 aliphatic heterocycles. The number of benzene rings is 2. The van der Waals surface area contributed by atoms with Crippen molar-refractivity contribution in [3.8, 4) is 0 Å². The van der Waals surface area contributed by atoms with Crippen molar-refractivity contribution in [2.24, 2.45) is 0 Å². The van der Waals surface area contributed by atoms with E-state index in [0.29, 0.717) is 30.4 Å². The lowest BCUT2D eigenvalue weighted by atomic mass is 9.86. The Kier molecular flexibility index (Phi) is 6.24. The quantitative estimate of drug-likeness (QED) is 0.434. The van der Waals surface area contributed by atoms with Gasteiger partial charge in [-0.3, -0.25) is 4.79 Å². The van der Waals surface area contributed by atoms with Gasteiger partial charge in [0.25, 0.3) is 0 Å². The summed E-state index contributed by atoms with van der Waals surface area (Å²) in [5.74, 6) is -0.738. The molecule has 4 nitrogen and oxygen atoms in total. The van der Waals surface area contributed by atoms with E-state index >= 15 is 0 Å². The molecule has 30 heavy (non-hydrogen) atoms. The maximum atomic E-state index is 15.0. The van der Waals surface area contributed by atoms with Gasteiger partial charge in [0.05, 0.1) is 22.5 Å². The maximum absolute atomic E-state index is 15.0. The van der Waals surface area contributed by atoms with Crippen molar-refractivity contribution < 1.29 is 22.4 Å². The molecule has 2 aromatic rings. The highest BCUT2D eigenvalue weighted by molar-refractivity contribution is 5.77. The highest BCUT2D eigenvalue weighted by Gasteiger charge is 2.39. The van der Waals surface area contributed by atoms with E-state index in [1.807, 2.05) is 0 Å². The average Bonchev–Trinajstić information content (AvgIpc) is 3.17. The predicted molar refractivity (Wildman–Crippen MR) is 108 cm³/mol. The first-order chi connectivity index (χ1) is 14.2. The average molecular weight is 423 g/mol. The molecule has 0 atom stereocenters. The zero-order valence-corrected chi connectivity index (χ0v) is 16.7. The number of amides is 1. The number of rotatable bonds is 6. The second-order valence-corrected chi connectivity index (χ2v) is 7.63. The predicted octanol–water partition coefficient (Wildman–Crippen LogP) is 5.33. The molecule has 0 spiro atoms. The van der Waals surface area contributed by atoms with Crippen LogP contribution in [0.5, 0.6) is 0 Å². The third-order valence-corrected chi connectivity index (χ3v) is 5.62. The summed E-state index contributed by atoms with van der Waals surface area (Å²) in [5.41, 5.74) is 6.00. The van der Waals surface area contributed by atoms with E-state index in [2.05, 4.69) is 10.6 Å². The van der Waals surface area contributed by atoms with Crippen LogP contribution in [0.2, 0.25) is 0 Å². The van der Waals surface area contributed by atoms with Crippen LogP contribution in [0.15, 0.2) is 36.4 Å². The zero-order chi connectivity index (χ0) is 21.9. The molecule has 0 unspecified atom stereocenters. The minimum atomic E-state index is -4.40. The van der Waals surface area contributed by atoms with Gasteiger partial charge in [0, 0.05) is 18.5 Å². The first-order valence-corrected chi connectivity index (χ1v) is 9.96. The summed E-state index contributed by atoms with van der Waals surface area (Å²) >= 11 is 0. The van der Waals surface area contributed by atoms with Crippen molar-refractivity contribution >= 4 is 17.3 Å². The molecule has 1 saturated carbocycles. The smallest absolute Gasteiger partial charge is 0.396 e. The summed E-state index contributed by atoms with van der Waals surface area (Å²) in [6.45, 7) is 1.90. The molecule has 162 valence electrons. The Hall–Kier alpha value is -2.77. The number of carbonyl (C=O) groups is 1. The van der Waals surface area contributed by atoms with E-state index in [1.54, 1.807) is 19.1 Å². The van der Waals surface area contributed by atoms with Gasteiger partial charge in [-0.05, 0) is 36.6 Å². The van der Waals surface area contributed by atoms with Crippen molar-refractivity contribution in [3.05, 3.63) is 58.9 Å². The molecule has 0 heterocycles. The Morgan fingerprint density at radius 2 is 1.73 bits per heavy atom. The highest BCUT2D eigenvalue weighted by atomic mass is 19.4. The number of hydrogen-bond donors (Lipinski definition) is 3. The summed E-state index contributed by atoms with van der Waals surface area (Å²) in [7, 11) is 0. The van der Waals surface area contributed by atoms with Gasteiger partial charge in [-0.25, -0.2) is 4.39 Å². The molecule has 1 aliphatic rings. The molecule has 2 aromatic carbocycles. The minimum absolute atomic E-state index is 0.0225. The fourth-order valence-electron chi connectivity index (χ4n) is 3.95. The maximum Gasteiger partial charge on any atom is 0.416 e. The summed E-state index contributed by atoms with van der Waals surface area (Å²) in [6, 6.07) is 7.95. The molecular formula is C22H25F4N3O. The van der Waals surface area contributed by atoms with E-state index in [4.69, 9.17) is 5.73 Å². The van der Waals surface area contributed by atoms with Crippen LogP contribution in [0.1, 0.15) is 55.7 Å². The van der Waals surface area contributed by atoms with Crippen molar-refractivity contribution in [3.63, 3.8) is 0 Å². The molecule has 4 N–H and O–H groups in total. The lowest BCUT2D eigenvalue weighted by Gasteiger charge is -2.32. The van der Waals surface area contributed by atoms with Crippen LogP contribution in [-0.2, 0) is 23.1 Å². The van der Waals surface area contributed by atoms with E-state index in [1.165, 1.54) is 12.1 Å². The monoisotopic (exact) mass is 423 g/mol. The van der Waals surface area contributed by atoms with Gasteiger partial charge in [-0.15, -0.1) is 0 Å². The number of nitrogens with two attached hydrogens (primary N) is 1. The van der Waals surface area contributed by atoms with Gasteiger partial charge in [-0.1, -0.05) is 38.0 Å². The van der Waals surface area contributed by atoms with E-state index in [9.17, 15) is 22.4 Å². The van der Waals surface area contributed by atoms with Crippen LogP contribution in [0.4, 0.5) is 28.9 Å². The molecule has 0 radical (unpaired) electrons. The third kappa shape index (κ3) is 4.52. The molecule has 8 heteroatoms. The van der Waals surface area contributed by atoms with Crippen LogP contribution in [-0.4, -0.2) is 5.91 Å². The van der Waals surface area contributed by atoms with Gasteiger partial charge < -0.3 is 16.4 Å². The fourth-order valence-corrected chi connectivity index (χ4v) is 3.95. The Bertz CT molecular complexity index is 904. The van der Waals surface area contributed by atoms with Crippen molar-refractivity contribution in [2.45, 2.75) is 57.3 Å². The number of alkyl halides is 3. The topological polar surface area (TPSA) is 67.2 Å². The van der Waals surface area contributed by atoms with Crippen LogP contribution >= 0.6 is 0 Å². The first-order valence-electron chi connectivity index (χ1n) is 9.96. The largest absolute Gasteiger partial charge is 0.416 e. The van der Waals surface area contributed by atoms with Crippen molar-refractivity contribution in [2.75, 3.05) is 11.1 Å². The number of nitrogens with one attached hydrogen (secondary N) is 2. The van der Waals surface area contributed by atoms with E-state index in [0.717, 1.165) is 25.0 Å². The molecule has 1 fully saturated rings. The fraction of sp³-hybridized carbons (Fsp3) is 0.409. The Morgan fingerprint density at radius 1 is 1.10 bits per heavy atom. The third-order valence-electron chi connectivity index (χ3n) is 5.62. The standard InChI is InChI=1S/C22H25F4N3O/c1-2-18(30)29-21(11-3-4-12-21)16-9-10-17(19(23)20(16)27)28-13-14-5-7-15(8-6-14)22(24,25)26/h5-10,28H,2-4,11-13,27H2,1H3,(H,29,30). The molecule has 0 saturated heterocycles. The number of anilines is 2. The van der Waals surface area contributed by atoms with Crippen molar-refractivity contribution in [1.82, 2.24) is 5.32 Å². The Balaban J connectivity index is 1.78. The van der Waals surface area contributed by atoms with Gasteiger partial charge in [0.15, 0.2) is 5.82 Å². The van der Waals surface area contributed by atoms with Gasteiger partial charge >= 0.3 is 6.18 Å². The lowest BCUT2D eigenvalue weighted by molar-refractivity contribution is -0.137. The van der Waals surface area contributed by atoms with E-state index in [-0.39, 0.29) is 23.8 Å². The molecule has 0 aromatic heterocycles. The molecule has 1 amide bonds. The number of hydrogen-bond acceptors (Lipinski definition) is 3. The SMILES string of the molecule is CCC(=O)NC1(c2ccc(NCc3ccc(C(F)(F)F)cc3)c(F)c2N)CCCC1. The summed E-state index contributed by atoms with van der Waals surface area (Å²) in [6.07, 6.45) is -0.845. The van der Waals surface area contributed by atoms with E-state index < -0.39 is 23.1 Å². The molecular weight excluding hydrogens is 398 g/mol. The lowest BCUT2D eigenvalue weighted by Crippen LogP contribution is -2.44. The number of nitrogen functional groups attached to an aromatic ring is 1. The summed E-state index contributed by atoms with van der Waals surface area (Å²) in [5, 5.41) is 5.91. The summed E-state index contributed by atoms with van der Waals surface area (Å²) in [4.78, 5) is 12.0. The normalized spacial score (nSPS) is 15.8. The number of halogens is 4. The van der Waals surface area contributed by atoms with Crippen LogP contribution in [0.25, 0.3) is 0 Å². The molecule has 1 aliphatic carbocycles. The van der Waals surface area contributed by atoms with Crippen LogP contribution in [0, 0.1) is 5.82 Å². The summed E-state index contributed by atoms with van der Waals surface area (Å²) < 4.78 is 53.0. The zero-order valence-electron chi connectivity index (χ0n) is 16.7. The second kappa shape index (κ2) is 8.53. The van der Waals surface area contributed by atoms with Crippen LogP contribution in [0.3, 0.4) is 0 Å². The highest BCUT2D eigenvalue weighted by Crippen LogP contribution is 2.43. The van der Waals surface area contributed by atoms with Gasteiger partial charge in [0.1, 0.15) is 0 Å².